The summed E-state index contributed by atoms with van der Waals surface area (Å²) >= 11 is 0. The Labute approximate surface area is 216 Å². The van der Waals surface area contributed by atoms with Crippen LogP contribution in [-0.2, 0) is 20.5 Å². The number of hydrogen-bond donors (Lipinski definition) is 2. The maximum Gasteiger partial charge on any atom is 0.416 e. The number of benzene rings is 2. The molecule has 0 bridgehead atoms. The molecule has 0 radical (unpaired) electrons. The van der Waals surface area contributed by atoms with Gasteiger partial charge in [0, 0.05) is 23.0 Å². The number of allylic oxidation sites excluding steroid dienone is 2. The van der Waals surface area contributed by atoms with Crippen LogP contribution in [-0.4, -0.2) is 29.2 Å². The van der Waals surface area contributed by atoms with E-state index in [1.165, 1.54) is 6.07 Å². The van der Waals surface area contributed by atoms with Crippen LogP contribution in [0.1, 0.15) is 36.6 Å². The summed E-state index contributed by atoms with van der Waals surface area (Å²) in [6, 6.07) is 17.6. The van der Waals surface area contributed by atoms with E-state index >= 15 is 0 Å². The molecule has 2 aromatic carbocycles. The lowest BCUT2D eigenvalue weighted by atomic mass is 9.75. The fraction of sp³-hybridized carbons (Fsp3) is 0.207. The van der Waals surface area contributed by atoms with E-state index in [0.29, 0.717) is 34.1 Å². The van der Waals surface area contributed by atoms with Gasteiger partial charge in [-0.3, -0.25) is 4.79 Å². The topological polar surface area (TPSA) is 83.5 Å². The number of esters is 1. The van der Waals surface area contributed by atoms with E-state index in [0.717, 1.165) is 17.7 Å². The smallest absolute Gasteiger partial charge is 0.416 e. The monoisotopic (exact) mass is 519 g/mol. The fourth-order valence-electron chi connectivity index (χ4n) is 4.90. The zero-order valence-corrected chi connectivity index (χ0v) is 20.6. The van der Waals surface area contributed by atoms with Gasteiger partial charge in [-0.2, -0.15) is 13.2 Å². The zero-order chi connectivity index (χ0) is 27.0. The number of Topliss-reactive ketones (excluding diaryl/α,β-unsaturated/α-hetero) is 1. The van der Waals surface area contributed by atoms with Crippen molar-refractivity contribution in [3.8, 4) is 11.3 Å². The fourth-order valence-corrected chi connectivity index (χ4v) is 4.90. The summed E-state index contributed by atoms with van der Waals surface area (Å²) in [4.78, 5) is 34.2. The van der Waals surface area contributed by atoms with Crippen molar-refractivity contribution < 1.29 is 27.5 Å². The SMILES string of the molecule is CCOC(=O)C1=C(C)NC2=N/C(=C\c3ccc(-c4cccc(C(F)(F)F)c4)[nH]3)C(=O)C2C1c1ccccc1. The third-order valence-electron chi connectivity index (χ3n) is 6.59. The average Bonchev–Trinajstić information content (AvgIpc) is 3.48. The van der Waals surface area contributed by atoms with Crippen LogP contribution < -0.4 is 5.32 Å². The predicted octanol–water partition coefficient (Wildman–Crippen LogP) is 5.86. The maximum absolute atomic E-state index is 13.7. The van der Waals surface area contributed by atoms with Crippen LogP contribution >= 0.6 is 0 Å². The van der Waals surface area contributed by atoms with Crippen molar-refractivity contribution in [2.45, 2.75) is 25.9 Å². The van der Waals surface area contributed by atoms with E-state index in [4.69, 9.17) is 4.74 Å². The van der Waals surface area contributed by atoms with Crippen LogP contribution in [0.15, 0.2) is 88.7 Å². The molecule has 1 aromatic heterocycles. The van der Waals surface area contributed by atoms with E-state index in [2.05, 4.69) is 15.3 Å². The molecule has 0 aliphatic carbocycles. The lowest BCUT2D eigenvalue weighted by Gasteiger charge is -2.32. The van der Waals surface area contributed by atoms with E-state index < -0.39 is 29.5 Å². The van der Waals surface area contributed by atoms with E-state index in [1.807, 2.05) is 30.3 Å². The second-order valence-electron chi connectivity index (χ2n) is 9.05. The van der Waals surface area contributed by atoms with Gasteiger partial charge in [0.2, 0.25) is 0 Å². The maximum atomic E-state index is 13.7. The van der Waals surface area contributed by atoms with Gasteiger partial charge in [0.25, 0.3) is 0 Å². The van der Waals surface area contributed by atoms with Crippen LogP contribution in [0, 0.1) is 5.92 Å². The number of ketones is 1. The molecular weight excluding hydrogens is 495 g/mol. The first-order valence-electron chi connectivity index (χ1n) is 12.1. The van der Waals surface area contributed by atoms with Gasteiger partial charge in [0.15, 0.2) is 5.78 Å². The van der Waals surface area contributed by atoms with Crippen molar-refractivity contribution in [2.75, 3.05) is 6.61 Å². The van der Waals surface area contributed by atoms with Crippen molar-refractivity contribution in [3.05, 3.63) is 101 Å². The number of amidine groups is 1. The number of nitrogens with zero attached hydrogens (tertiary/aromatic N) is 1. The third kappa shape index (κ3) is 4.67. The number of aliphatic imine (C=N–C) groups is 1. The minimum absolute atomic E-state index is 0.175. The minimum Gasteiger partial charge on any atom is -0.463 e. The van der Waals surface area contributed by atoms with E-state index in [-0.39, 0.29) is 18.1 Å². The summed E-state index contributed by atoms with van der Waals surface area (Å²) in [7, 11) is 0. The van der Waals surface area contributed by atoms with Crippen molar-refractivity contribution >= 4 is 23.7 Å². The largest absolute Gasteiger partial charge is 0.463 e. The molecule has 0 saturated heterocycles. The number of nitrogens with one attached hydrogen (secondary N) is 2. The summed E-state index contributed by atoms with van der Waals surface area (Å²) in [6.07, 6.45) is -2.89. The van der Waals surface area contributed by atoms with Crippen LogP contribution in [0.25, 0.3) is 17.3 Å². The molecule has 5 rings (SSSR count). The van der Waals surface area contributed by atoms with Crippen molar-refractivity contribution in [3.63, 3.8) is 0 Å². The summed E-state index contributed by atoms with van der Waals surface area (Å²) in [5, 5.41) is 3.12. The number of H-pyrrole nitrogens is 1. The Kier molecular flexibility index (Phi) is 6.52. The zero-order valence-electron chi connectivity index (χ0n) is 20.6. The Morgan fingerprint density at radius 2 is 1.82 bits per heavy atom. The van der Waals surface area contributed by atoms with Gasteiger partial charge >= 0.3 is 12.1 Å². The Balaban J connectivity index is 1.49. The van der Waals surface area contributed by atoms with Gasteiger partial charge in [-0.05, 0) is 55.3 Å². The first-order valence-corrected chi connectivity index (χ1v) is 12.1. The van der Waals surface area contributed by atoms with Crippen molar-refractivity contribution in [1.82, 2.24) is 10.3 Å². The second-order valence-corrected chi connectivity index (χ2v) is 9.05. The number of carbonyl (C=O) groups excluding carboxylic acids is 2. The number of aromatic amines is 1. The number of halogens is 3. The molecule has 3 aromatic rings. The number of ether oxygens (including phenoxy) is 1. The van der Waals surface area contributed by atoms with Crippen molar-refractivity contribution in [1.29, 1.82) is 0 Å². The Morgan fingerprint density at radius 1 is 1.05 bits per heavy atom. The average molecular weight is 520 g/mol. The summed E-state index contributed by atoms with van der Waals surface area (Å²) in [5.41, 5.74) is 2.51. The van der Waals surface area contributed by atoms with Crippen LogP contribution in [0.5, 0.6) is 0 Å². The Hall–Kier alpha value is -4.40. The Morgan fingerprint density at radius 3 is 2.53 bits per heavy atom. The number of fused-ring (bicyclic) bond motifs is 1. The molecule has 2 N–H and O–H groups in total. The quantitative estimate of drug-likeness (QED) is 0.327. The molecule has 2 aliphatic heterocycles. The second kappa shape index (κ2) is 9.81. The number of carbonyl (C=O) groups is 2. The molecule has 2 unspecified atom stereocenters. The molecule has 2 atom stereocenters. The Bertz CT molecular complexity index is 1500. The van der Waals surface area contributed by atoms with Crippen LogP contribution in [0.3, 0.4) is 0 Å². The highest BCUT2D eigenvalue weighted by Crippen LogP contribution is 2.42. The molecule has 0 spiro atoms. The summed E-state index contributed by atoms with van der Waals surface area (Å²) in [5.74, 6) is -1.66. The van der Waals surface area contributed by atoms with Crippen LogP contribution in [0.4, 0.5) is 13.2 Å². The first-order chi connectivity index (χ1) is 18.2. The molecule has 6 nitrogen and oxygen atoms in total. The molecular formula is C29H24F3N3O3. The molecule has 9 heteroatoms. The summed E-state index contributed by atoms with van der Waals surface area (Å²) in [6.45, 7) is 3.67. The highest BCUT2D eigenvalue weighted by Gasteiger charge is 2.47. The number of rotatable bonds is 5. The van der Waals surface area contributed by atoms with Crippen LogP contribution in [0.2, 0.25) is 0 Å². The van der Waals surface area contributed by atoms with Gasteiger partial charge in [-0.15, -0.1) is 0 Å². The molecule has 0 fully saturated rings. The lowest BCUT2D eigenvalue weighted by molar-refractivity contribution is -0.139. The number of alkyl halides is 3. The molecule has 0 amide bonds. The molecule has 194 valence electrons. The third-order valence-corrected chi connectivity index (χ3v) is 6.59. The number of hydrogen-bond acceptors (Lipinski definition) is 5. The standard InChI is InChI=1S/C29H24F3N3O3/c1-3-38-28(37)23-16(2)33-27-25(24(23)17-8-5-4-6-9-17)26(36)22(35-27)15-20-12-13-21(34-20)18-10-7-11-19(14-18)29(30,31)32/h4-15,24-25,34H,3H2,1-2H3,(H,33,35)/b22-15-. The van der Waals surface area contributed by atoms with Gasteiger partial charge in [-0.1, -0.05) is 42.5 Å². The molecule has 38 heavy (non-hydrogen) atoms. The first kappa shape index (κ1) is 25.3. The van der Waals surface area contributed by atoms with Gasteiger partial charge < -0.3 is 15.0 Å². The highest BCUT2D eigenvalue weighted by atomic mass is 19.4. The number of aromatic nitrogens is 1. The normalized spacial score (nSPS) is 20.3. The van der Waals surface area contributed by atoms with Gasteiger partial charge in [0.05, 0.1) is 23.7 Å². The van der Waals surface area contributed by atoms with Gasteiger partial charge in [0.1, 0.15) is 11.5 Å². The molecule has 0 saturated carbocycles. The molecule has 3 heterocycles. The summed E-state index contributed by atoms with van der Waals surface area (Å²) < 4.78 is 44.7. The van der Waals surface area contributed by atoms with E-state index in [1.54, 1.807) is 38.1 Å². The lowest BCUT2D eigenvalue weighted by Crippen LogP contribution is -2.42. The van der Waals surface area contributed by atoms with Gasteiger partial charge in [-0.25, -0.2) is 9.79 Å². The predicted molar refractivity (Wildman–Crippen MR) is 137 cm³/mol. The highest BCUT2D eigenvalue weighted by molar-refractivity contribution is 6.21. The minimum atomic E-state index is -4.45. The van der Waals surface area contributed by atoms with Crippen molar-refractivity contribution in [2.24, 2.45) is 10.9 Å². The molecule has 2 aliphatic rings. The van der Waals surface area contributed by atoms with E-state index in [9.17, 15) is 22.8 Å².